The molecule has 1 saturated carbocycles. The fourth-order valence-corrected chi connectivity index (χ4v) is 4.09. The molecule has 1 aromatic heterocycles. The average Bonchev–Trinajstić information content (AvgIpc) is 3.34. The van der Waals surface area contributed by atoms with E-state index < -0.39 is 5.60 Å². The second-order valence-electron chi connectivity index (χ2n) is 8.37. The number of nitrogens with zero attached hydrogens (tertiary/aromatic N) is 2. The molecule has 1 aliphatic heterocycles. The molecule has 2 aliphatic rings. The van der Waals surface area contributed by atoms with Gasteiger partial charge in [-0.25, -0.2) is 0 Å². The summed E-state index contributed by atoms with van der Waals surface area (Å²) in [4.78, 5) is 31.7. The standard InChI is InChI=1S/C25H25N3O3/c29-23(27-13-15-28(16-14-27)24(30)25(31)10-11-25)21-7-5-19(6-8-21)18-1-3-20(4-2-18)22-9-12-26-17-22/h1-9,12,17,26,31H,10-11,13-16H2. The van der Waals surface area contributed by atoms with Gasteiger partial charge in [0.1, 0.15) is 5.60 Å². The number of amides is 2. The Hall–Kier alpha value is -3.38. The molecular formula is C25H25N3O3. The van der Waals surface area contributed by atoms with Gasteiger partial charge < -0.3 is 19.9 Å². The van der Waals surface area contributed by atoms with E-state index in [4.69, 9.17) is 0 Å². The summed E-state index contributed by atoms with van der Waals surface area (Å²) in [5.41, 5.74) is 3.98. The molecule has 2 heterocycles. The fourth-order valence-electron chi connectivity index (χ4n) is 4.09. The second kappa shape index (κ2) is 7.71. The predicted molar refractivity (Wildman–Crippen MR) is 118 cm³/mol. The minimum absolute atomic E-state index is 0.0217. The van der Waals surface area contributed by atoms with Crippen LogP contribution in [0.2, 0.25) is 0 Å². The third-order valence-electron chi connectivity index (χ3n) is 6.26. The molecule has 3 aromatic rings. The molecule has 0 spiro atoms. The quantitative estimate of drug-likeness (QED) is 0.687. The van der Waals surface area contributed by atoms with Gasteiger partial charge in [-0.15, -0.1) is 0 Å². The van der Waals surface area contributed by atoms with Gasteiger partial charge in [0, 0.05) is 44.1 Å². The van der Waals surface area contributed by atoms with E-state index in [9.17, 15) is 14.7 Å². The van der Waals surface area contributed by atoms with E-state index in [1.54, 1.807) is 9.80 Å². The lowest BCUT2D eigenvalue weighted by Crippen LogP contribution is -2.53. The molecule has 2 fully saturated rings. The Kier molecular flexibility index (Phi) is 4.87. The van der Waals surface area contributed by atoms with Gasteiger partial charge in [-0.2, -0.15) is 0 Å². The van der Waals surface area contributed by atoms with Crippen molar-refractivity contribution in [1.82, 2.24) is 14.8 Å². The predicted octanol–water partition coefficient (Wildman–Crippen LogP) is 3.16. The highest BCUT2D eigenvalue weighted by Gasteiger charge is 2.50. The SMILES string of the molecule is O=C(c1ccc(-c2ccc(-c3cc[nH]c3)cc2)cc1)N1CCN(C(=O)C2(O)CC2)CC1. The molecule has 31 heavy (non-hydrogen) atoms. The number of carbonyl (C=O) groups excluding carboxylic acids is 2. The van der Waals surface area contributed by atoms with Gasteiger partial charge in [0.05, 0.1) is 0 Å². The molecule has 0 bridgehead atoms. The number of piperazine rings is 1. The zero-order valence-corrected chi connectivity index (χ0v) is 17.3. The molecule has 0 atom stereocenters. The smallest absolute Gasteiger partial charge is 0.254 e. The molecule has 2 aromatic carbocycles. The monoisotopic (exact) mass is 415 g/mol. The number of aromatic nitrogens is 1. The minimum Gasteiger partial charge on any atom is -0.380 e. The number of aromatic amines is 1. The molecule has 0 radical (unpaired) electrons. The Morgan fingerprint density at radius 1 is 0.742 bits per heavy atom. The van der Waals surface area contributed by atoms with E-state index in [1.165, 1.54) is 0 Å². The minimum atomic E-state index is -1.14. The summed E-state index contributed by atoms with van der Waals surface area (Å²) >= 11 is 0. The van der Waals surface area contributed by atoms with Crippen molar-refractivity contribution in [3.05, 3.63) is 72.6 Å². The Bertz CT molecular complexity index is 1080. The maximum Gasteiger partial charge on any atom is 0.254 e. The molecule has 1 saturated heterocycles. The maximum atomic E-state index is 12.9. The lowest BCUT2D eigenvalue weighted by Gasteiger charge is -2.35. The van der Waals surface area contributed by atoms with Crippen LogP contribution in [0.4, 0.5) is 0 Å². The Morgan fingerprint density at radius 2 is 1.26 bits per heavy atom. The Morgan fingerprint density at radius 3 is 1.77 bits per heavy atom. The van der Waals surface area contributed by atoms with Crippen LogP contribution in [-0.2, 0) is 4.79 Å². The maximum absolute atomic E-state index is 12.9. The zero-order valence-electron chi connectivity index (χ0n) is 17.3. The highest BCUT2D eigenvalue weighted by Crippen LogP contribution is 2.37. The molecule has 2 amide bonds. The topological polar surface area (TPSA) is 76.6 Å². The van der Waals surface area contributed by atoms with Crippen molar-refractivity contribution in [2.75, 3.05) is 26.2 Å². The summed E-state index contributed by atoms with van der Waals surface area (Å²) < 4.78 is 0. The van der Waals surface area contributed by atoms with Gasteiger partial charge in [-0.05, 0) is 53.3 Å². The van der Waals surface area contributed by atoms with Gasteiger partial charge in [0.15, 0.2) is 0 Å². The number of nitrogens with one attached hydrogen (secondary N) is 1. The van der Waals surface area contributed by atoms with E-state index in [-0.39, 0.29) is 11.8 Å². The number of hydrogen-bond acceptors (Lipinski definition) is 3. The Labute approximate surface area is 181 Å². The number of rotatable bonds is 4. The van der Waals surface area contributed by atoms with E-state index in [2.05, 4.69) is 29.2 Å². The van der Waals surface area contributed by atoms with Gasteiger partial charge in [-0.1, -0.05) is 36.4 Å². The highest BCUT2D eigenvalue weighted by molar-refractivity contribution is 5.95. The van der Waals surface area contributed by atoms with Crippen molar-refractivity contribution < 1.29 is 14.7 Å². The Balaban J connectivity index is 1.22. The molecule has 5 rings (SSSR count). The van der Waals surface area contributed by atoms with Crippen molar-refractivity contribution in [1.29, 1.82) is 0 Å². The summed E-state index contributed by atoms with van der Waals surface area (Å²) in [6.45, 7) is 1.92. The van der Waals surface area contributed by atoms with Gasteiger partial charge in [0.2, 0.25) is 0 Å². The largest absolute Gasteiger partial charge is 0.380 e. The van der Waals surface area contributed by atoms with Crippen LogP contribution in [-0.4, -0.2) is 63.5 Å². The molecule has 0 unspecified atom stereocenters. The van der Waals surface area contributed by atoms with E-state index >= 15 is 0 Å². The van der Waals surface area contributed by atoms with E-state index in [1.807, 2.05) is 42.7 Å². The number of hydrogen-bond donors (Lipinski definition) is 2. The van der Waals surface area contributed by atoms with Crippen LogP contribution in [0.3, 0.4) is 0 Å². The van der Waals surface area contributed by atoms with Crippen LogP contribution >= 0.6 is 0 Å². The fraction of sp³-hybridized carbons (Fsp3) is 0.280. The number of aliphatic hydroxyl groups is 1. The molecular weight excluding hydrogens is 390 g/mol. The first-order chi connectivity index (χ1) is 15.0. The van der Waals surface area contributed by atoms with Crippen LogP contribution in [0.25, 0.3) is 22.3 Å². The molecule has 6 heteroatoms. The lowest BCUT2D eigenvalue weighted by atomic mass is 10.0. The third-order valence-corrected chi connectivity index (χ3v) is 6.26. The van der Waals surface area contributed by atoms with Gasteiger partial charge in [-0.3, -0.25) is 9.59 Å². The number of carbonyl (C=O) groups is 2. The van der Waals surface area contributed by atoms with Crippen LogP contribution in [0.5, 0.6) is 0 Å². The van der Waals surface area contributed by atoms with Crippen molar-refractivity contribution in [2.24, 2.45) is 0 Å². The zero-order chi connectivity index (χ0) is 21.4. The third kappa shape index (κ3) is 3.86. The van der Waals surface area contributed by atoms with Crippen molar-refractivity contribution >= 4 is 11.8 Å². The normalized spacial score (nSPS) is 17.5. The van der Waals surface area contributed by atoms with Crippen LogP contribution in [0, 0.1) is 0 Å². The van der Waals surface area contributed by atoms with Crippen LogP contribution in [0.1, 0.15) is 23.2 Å². The molecule has 2 N–H and O–H groups in total. The van der Waals surface area contributed by atoms with E-state index in [0.29, 0.717) is 44.6 Å². The second-order valence-corrected chi connectivity index (χ2v) is 8.37. The van der Waals surface area contributed by atoms with Crippen LogP contribution < -0.4 is 0 Å². The summed E-state index contributed by atoms with van der Waals surface area (Å²) in [6, 6.07) is 18.1. The number of H-pyrrole nitrogens is 1. The number of benzene rings is 2. The summed E-state index contributed by atoms with van der Waals surface area (Å²) in [5, 5.41) is 10.0. The summed E-state index contributed by atoms with van der Waals surface area (Å²) in [7, 11) is 0. The van der Waals surface area contributed by atoms with Gasteiger partial charge >= 0.3 is 0 Å². The first-order valence-corrected chi connectivity index (χ1v) is 10.7. The van der Waals surface area contributed by atoms with Crippen molar-refractivity contribution in [3.8, 4) is 22.3 Å². The van der Waals surface area contributed by atoms with Crippen LogP contribution in [0.15, 0.2) is 67.0 Å². The lowest BCUT2D eigenvalue weighted by molar-refractivity contribution is -0.143. The van der Waals surface area contributed by atoms with Gasteiger partial charge in [0.25, 0.3) is 11.8 Å². The van der Waals surface area contributed by atoms with E-state index in [0.717, 1.165) is 22.3 Å². The first-order valence-electron chi connectivity index (χ1n) is 10.7. The van der Waals surface area contributed by atoms with Crippen molar-refractivity contribution in [2.45, 2.75) is 18.4 Å². The first kappa shape index (κ1) is 19.6. The molecule has 158 valence electrons. The summed E-state index contributed by atoms with van der Waals surface area (Å²) in [5.74, 6) is -0.210. The molecule has 1 aliphatic carbocycles. The summed E-state index contributed by atoms with van der Waals surface area (Å²) in [6.07, 6.45) is 4.98. The van der Waals surface area contributed by atoms with Crippen molar-refractivity contribution in [3.63, 3.8) is 0 Å². The average molecular weight is 415 g/mol. The molecule has 6 nitrogen and oxygen atoms in total. The highest BCUT2D eigenvalue weighted by atomic mass is 16.3.